The van der Waals surface area contributed by atoms with Crippen molar-refractivity contribution in [1.29, 1.82) is 0 Å². The summed E-state index contributed by atoms with van der Waals surface area (Å²) in [5.41, 5.74) is 6.04. The van der Waals surface area contributed by atoms with Crippen LogP contribution >= 0.6 is 11.8 Å². The first-order chi connectivity index (χ1) is 14.3. The number of carbonyl (C=O) groups is 1. The summed E-state index contributed by atoms with van der Waals surface area (Å²) in [6, 6.07) is 27.0. The van der Waals surface area contributed by atoms with Gasteiger partial charge < -0.3 is 10.2 Å². The Hall–Kier alpha value is -2.72. The second-order valence-electron chi connectivity index (χ2n) is 7.29. The Balaban J connectivity index is 1.22. The molecule has 0 spiro atoms. The molecule has 0 saturated carbocycles. The Morgan fingerprint density at radius 3 is 2.48 bits per heavy atom. The molecule has 29 heavy (non-hydrogen) atoms. The molecule has 0 saturated heterocycles. The van der Waals surface area contributed by atoms with Crippen molar-refractivity contribution in [2.45, 2.75) is 18.7 Å². The Labute approximate surface area is 177 Å². The molecule has 148 valence electrons. The van der Waals surface area contributed by atoms with Gasteiger partial charge in [-0.3, -0.25) is 4.79 Å². The van der Waals surface area contributed by atoms with E-state index in [9.17, 15) is 4.79 Å². The van der Waals surface area contributed by atoms with Crippen LogP contribution in [0.3, 0.4) is 0 Å². The molecular formula is C25H26N2OS. The summed E-state index contributed by atoms with van der Waals surface area (Å²) >= 11 is 1.84. The maximum Gasteiger partial charge on any atom is 0.251 e. The van der Waals surface area contributed by atoms with E-state index in [2.05, 4.69) is 70.9 Å². The fourth-order valence-electron chi connectivity index (χ4n) is 3.66. The van der Waals surface area contributed by atoms with Gasteiger partial charge in [0.05, 0.1) is 0 Å². The SMILES string of the molecule is O=C(NCCSCc1ccccc1)c1ccc(CN2CCc3ccccc32)cc1. The van der Waals surface area contributed by atoms with Crippen LogP contribution in [0.15, 0.2) is 78.9 Å². The van der Waals surface area contributed by atoms with Crippen molar-refractivity contribution in [3.05, 3.63) is 101 Å². The molecule has 1 amide bonds. The third-order valence-electron chi connectivity index (χ3n) is 5.22. The van der Waals surface area contributed by atoms with Crippen molar-refractivity contribution in [2.24, 2.45) is 0 Å². The molecule has 1 N–H and O–H groups in total. The highest BCUT2D eigenvalue weighted by Gasteiger charge is 2.18. The van der Waals surface area contributed by atoms with Crippen LogP contribution in [-0.4, -0.2) is 24.7 Å². The van der Waals surface area contributed by atoms with E-state index < -0.39 is 0 Å². The molecule has 0 unspecified atom stereocenters. The second-order valence-corrected chi connectivity index (χ2v) is 8.40. The molecule has 0 aromatic heterocycles. The number of hydrogen-bond acceptors (Lipinski definition) is 3. The van der Waals surface area contributed by atoms with Crippen molar-refractivity contribution >= 4 is 23.4 Å². The lowest BCUT2D eigenvalue weighted by Crippen LogP contribution is -2.25. The summed E-state index contributed by atoms with van der Waals surface area (Å²) in [6.45, 7) is 2.62. The zero-order valence-corrected chi connectivity index (χ0v) is 17.3. The van der Waals surface area contributed by atoms with Crippen LogP contribution in [-0.2, 0) is 18.7 Å². The topological polar surface area (TPSA) is 32.3 Å². The van der Waals surface area contributed by atoms with E-state index in [1.54, 1.807) is 0 Å². The van der Waals surface area contributed by atoms with E-state index in [0.717, 1.165) is 36.6 Å². The first-order valence-corrected chi connectivity index (χ1v) is 11.3. The molecule has 0 bridgehead atoms. The van der Waals surface area contributed by atoms with E-state index in [4.69, 9.17) is 0 Å². The maximum absolute atomic E-state index is 12.4. The molecule has 4 heteroatoms. The van der Waals surface area contributed by atoms with Crippen LogP contribution in [0.1, 0.15) is 27.0 Å². The number of carbonyl (C=O) groups excluding carboxylic acids is 1. The predicted octanol–water partition coefficient (Wildman–Crippen LogP) is 4.91. The van der Waals surface area contributed by atoms with Crippen LogP contribution in [0, 0.1) is 0 Å². The summed E-state index contributed by atoms with van der Waals surface area (Å²) in [4.78, 5) is 14.8. The number of nitrogens with one attached hydrogen (secondary N) is 1. The molecule has 1 heterocycles. The smallest absolute Gasteiger partial charge is 0.251 e. The van der Waals surface area contributed by atoms with Crippen molar-refractivity contribution in [1.82, 2.24) is 5.32 Å². The number of amides is 1. The highest BCUT2D eigenvalue weighted by Crippen LogP contribution is 2.28. The van der Waals surface area contributed by atoms with Gasteiger partial charge in [0.1, 0.15) is 0 Å². The molecule has 0 fully saturated rings. The third-order valence-corrected chi connectivity index (χ3v) is 6.25. The average molecular weight is 403 g/mol. The number of anilines is 1. The molecule has 3 nitrogen and oxygen atoms in total. The third kappa shape index (κ3) is 5.21. The quantitative estimate of drug-likeness (QED) is 0.543. The second kappa shape index (κ2) is 9.66. The maximum atomic E-state index is 12.4. The molecular weight excluding hydrogens is 376 g/mol. The zero-order chi connectivity index (χ0) is 19.9. The number of benzene rings is 3. The van der Waals surface area contributed by atoms with E-state index in [-0.39, 0.29) is 5.91 Å². The Morgan fingerprint density at radius 1 is 0.897 bits per heavy atom. The fraction of sp³-hybridized carbons (Fsp3) is 0.240. The van der Waals surface area contributed by atoms with E-state index >= 15 is 0 Å². The number of thioether (sulfide) groups is 1. The number of para-hydroxylation sites is 1. The molecule has 3 aromatic carbocycles. The minimum absolute atomic E-state index is 0.00313. The lowest BCUT2D eigenvalue weighted by molar-refractivity contribution is 0.0956. The summed E-state index contributed by atoms with van der Waals surface area (Å²) in [5, 5.41) is 3.02. The van der Waals surface area contributed by atoms with E-state index in [1.165, 1.54) is 22.4 Å². The fourth-order valence-corrected chi connectivity index (χ4v) is 4.47. The minimum atomic E-state index is 0.00313. The minimum Gasteiger partial charge on any atom is -0.367 e. The van der Waals surface area contributed by atoms with E-state index in [0.29, 0.717) is 6.54 Å². The number of nitrogens with zero attached hydrogens (tertiary/aromatic N) is 1. The van der Waals surface area contributed by atoms with Crippen molar-refractivity contribution in [3.63, 3.8) is 0 Å². The number of hydrogen-bond donors (Lipinski definition) is 1. The van der Waals surface area contributed by atoms with Gasteiger partial charge in [-0.2, -0.15) is 11.8 Å². The zero-order valence-electron chi connectivity index (χ0n) is 16.5. The molecule has 1 aliphatic rings. The van der Waals surface area contributed by atoms with Crippen LogP contribution < -0.4 is 10.2 Å². The molecule has 0 radical (unpaired) electrons. The van der Waals surface area contributed by atoms with Crippen LogP contribution in [0.2, 0.25) is 0 Å². The molecule has 0 atom stereocenters. The van der Waals surface area contributed by atoms with Gasteiger partial charge in [0.2, 0.25) is 0 Å². The van der Waals surface area contributed by atoms with E-state index in [1.807, 2.05) is 30.0 Å². The Morgan fingerprint density at radius 2 is 1.66 bits per heavy atom. The van der Waals surface area contributed by atoms with Crippen molar-refractivity contribution in [2.75, 3.05) is 23.7 Å². The Bertz CT molecular complexity index is 941. The average Bonchev–Trinajstić information content (AvgIpc) is 3.17. The lowest BCUT2D eigenvalue weighted by Gasteiger charge is -2.19. The predicted molar refractivity (Wildman–Crippen MR) is 123 cm³/mol. The lowest BCUT2D eigenvalue weighted by atomic mass is 10.1. The highest BCUT2D eigenvalue weighted by atomic mass is 32.2. The van der Waals surface area contributed by atoms with Gasteiger partial charge in [0.25, 0.3) is 5.91 Å². The van der Waals surface area contributed by atoms with Gasteiger partial charge in [-0.1, -0.05) is 60.7 Å². The number of fused-ring (bicyclic) bond motifs is 1. The largest absolute Gasteiger partial charge is 0.367 e. The molecule has 1 aliphatic heterocycles. The van der Waals surface area contributed by atoms with Gasteiger partial charge in [-0.15, -0.1) is 0 Å². The van der Waals surface area contributed by atoms with Gasteiger partial charge in [-0.05, 0) is 41.3 Å². The Kier molecular flexibility index (Phi) is 6.52. The molecule has 0 aliphatic carbocycles. The summed E-state index contributed by atoms with van der Waals surface area (Å²) in [5.74, 6) is 1.89. The van der Waals surface area contributed by atoms with Gasteiger partial charge in [-0.25, -0.2) is 0 Å². The first kappa shape index (κ1) is 19.6. The molecule has 4 rings (SSSR count). The van der Waals surface area contributed by atoms with Crippen LogP contribution in [0.4, 0.5) is 5.69 Å². The van der Waals surface area contributed by atoms with Gasteiger partial charge in [0, 0.05) is 42.4 Å². The summed E-state index contributed by atoms with van der Waals surface area (Å²) in [7, 11) is 0. The van der Waals surface area contributed by atoms with Crippen molar-refractivity contribution < 1.29 is 4.79 Å². The first-order valence-electron chi connectivity index (χ1n) is 10.1. The normalized spacial score (nSPS) is 12.6. The summed E-state index contributed by atoms with van der Waals surface area (Å²) in [6.07, 6.45) is 1.11. The standard InChI is InChI=1S/C25H26N2OS/c28-25(26-15-17-29-19-21-6-2-1-3-7-21)23-12-10-20(11-13-23)18-27-16-14-22-8-4-5-9-24(22)27/h1-13H,14-19H2,(H,26,28). The van der Waals surface area contributed by atoms with Crippen LogP contribution in [0.25, 0.3) is 0 Å². The monoisotopic (exact) mass is 402 g/mol. The van der Waals surface area contributed by atoms with Crippen molar-refractivity contribution in [3.8, 4) is 0 Å². The van der Waals surface area contributed by atoms with Gasteiger partial charge >= 0.3 is 0 Å². The number of rotatable bonds is 8. The molecule has 3 aromatic rings. The van der Waals surface area contributed by atoms with Crippen LogP contribution in [0.5, 0.6) is 0 Å². The highest BCUT2D eigenvalue weighted by molar-refractivity contribution is 7.98. The summed E-state index contributed by atoms with van der Waals surface area (Å²) < 4.78 is 0. The van der Waals surface area contributed by atoms with Gasteiger partial charge in [0.15, 0.2) is 0 Å².